The number of hydrogen-bond donors (Lipinski definition) is 1. The van der Waals surface area contributed by atoms with Crippen molar-refractivity contribution in [2.75, 3.05) is 0 Å². The second-order valence-corrected chi connectivity index (χ2v) is 6.62. The number of rotatable bonds is 2. The maximum Gasteiger partial charge on any atom is 0.0413 e. The Bertz CT molecular complexity index is 203. The first kappa shape index (κ1) is 13.0. The number of piperidine rings is 1. The topological polar surface area (TPSA) is 23.5 Å². The van der Waals surface area contributed by atoms with Gasteiger partial charge in [0, 0.05) is 11.1 Å². The van der Waals surface area contributed by atoms with E-state index in [-0.39, 0.29) is 11.1 Å². The predicted molar refractivity (Wildman–Crippen MR) is 63.7 cm³/mol. The summed E-state index contributed by atoms with van der Waals surface area (Å²) in [5.41, 5.74) is -0.191. The zero-order valence-corrected chi connectivity index (χ0v) is 11.1. The van der Waals surface area contributed by atoms with Crippen LogP contribution in [0.5, 0.6) is 0 Å². The maximum absolute atomic E-state index is 10.1. The molecular formula is C13H26NO. The van der Waals surface area contributed by atoms with E-state index in [0.717, 1.165) is 12.8 Å². The van der Waals surface area contributed by atoms with Crippen LogP contribution < -0.4 is 0 Å². The van der Waals surface area contributed by atoms with Gasteiger partial charge in [0.05, 0.1) is 0 Å². The number of nitrogens with zero attached hydrogens (tertiary/aromatic N) is 1. The molecule has 15 heavy (non-hydrogen) atoms. The van der Waals surface area contributed by atoms with Crippen LogP contribution in [0.2, 0.25) is 0 Å². The lowest BCUT2D eigenvalue weighted by molar-refractivity contribution is -0.251. The largest absolute Gasteiger partial charge is 0.313 e. The highest BCUT2D eigenvalue weighted by Crippen LogP contribution is 2.42. The molecule has 0 saturated carbocycles. The van der Waals surface area contributed by atoms with Gasteiger partial charge in [0.25, 0.3) is 0 Å². The van der Waals surface area contributed by atoms with Crippen LogP contribution >= 0.6 is 0 Å². The molecule has 2 nitrogen and oxygen atoms in total. The van der Waals surface area contributed by atoms with Crippen LogP contribution in [0, 0.1) is 11.8 Å². The summed E-state index contributed by atoms with van der Waals surface area (Å²) in [4.78, 5) is 0. The highest BCUT2D eigenvalue weighted by Gasteiger charge is 2.44. The van der Waals surface area contributed by atoms with Crippen LogP contribution in [0.3, 0.4) is 0 Å². The van der Waals surface area contributed by atoms with Gasteiger partial charge in [-0.15, -0.1) is 0 Å². The highest BCUT2D eigenvalue weighted by molar-refractivity contribution is 4.98. The maximum atomic E-state index is 10.1. The van der Waals surface area contributed by atoms with Gasteiger partial charge in [-0.2, -0.15) is 5.06 Å². The fraction of sp³-hybridized carbons (Fsp3) is 0.923. The predicted octanol–water partition coefficient (Wildman–Crippen LogP) is 3.65. The normalized spacial score (nSPS) is 27.2. The Morgan fingerprint density at radius 2 is 1.53 bits per heavy atom. The first-order valence-corrected chi connectivity index (χ1v) is 5.93. The van der Waals surface area contributed by atoms with Gasteiger partial charge in [0.1, 0.15) is 0 Å². The summed E-state index contributed by atoms with van der Waals surface area (Å²) in [6.07, 6.45) is 3.36. The monoisotopic (exact) mass is 212 g/mol. The molecule has 0 unspecified atom stereocenters. The Hall–Kier alpha value is -0.0800. The Morgan fingerprint density at radius 3 is 1.87 bits per heavy atom. The highest BCUT2D eigenvalue weighted by atomic mass is 16.5. The summed E-state index contributed by atoms with van der Waals surface area (Å²) >= 11 is 0. The zero-order chi connectivity index (χ0) is 11.9. The van der Waals surface area contributed by atoms with Crippen molar-refractivity contribution < 1.29 is 5.21 Å². The lowest BCUT2D eigenvalue weighted by Gasteiger charge is -2.51. The van der Waals surface area contributed by atoms with Gasteiger partial charge in [-0.1, -0.05) is 13.8 Å². The fourth-order valence-electron chi connectivity index (χ4n) is 3.20. The SMILES string of the molecule is C[C](C)CC1CC(C)(C)N(O)C(C)(C)C1. The zero-order valence-electron chi connectivity index (χ0n) is 11.1. The Kier molecular flexibility index (Phi) is 3.52. The average molecular weight is 212 g/mol. The van der Waals surface area contributed by atoms with Crippen LogP contribution in [-0.4, -0.2) is 21.3 Å². The van der Waals surface area contributed by atoms with E-state index in [2.05, 4.69) is 41.5 Å². The summed E-state index contributed by atoms with van der Waals surface area (Å²) < 4.78 is 0. The minimum Gasteiger partial charge on any atom is -0.313 e. The second kappa shape index (κ2) is 4.06. The summed E-state index contributed by atoms with van der Waals surface area (Å²) in [5, 5.41) is 11.7. The molecule has 2 heteroatoms. The standard InChI is InChI=1S/C13H26NO/c1-10(2)7-11-8-12(3,4)14(15)13(5,6)9-11/h11,15H,7-9H2,1-6H3. The molecule has 0 atom stereocenters. The van der Waals surface area contributed by atoms with Crippen molar-refractivity contribution in [3.63, 3.8) is 0 Å². The lowest BCUT2D eigenvalue weighted by Crippen LogP contribution is -2.58. The third-order valence-electron chi connectivity index (χ3n) is 3.42. The van der Waals surface area contributed by atoms with Crippen molar-refractivity contribution in [1.82, 2.24) is 5.06 Å². The molecule has 0 amide bonds. The van der Waals surface area contributed by atoms with E-state index in [9.17, 15) is 5.21 Å². The molecular weight excluding hydrogens is 186 g/mol. The molecule has 1 radical (unpaired) electrons. The van der Waals surface area contributed by atoms with Crippen LogP contribution in [0.4, 0.5) is 0 Å². The number of hydroxylamine groups is 2. The Morgan fingerprint density at radius 1 is 1.13 bits per heavy atom. The van der Waals surface area contributed by atoms with Gasteiger partial charge in [-0.05, 0) is 58.8 Å². The number of hydrogen-bond acceptors (Lipinski definition) is 2. The molecule has 1 heterocycles. The molecule has 0 aromatic rings. The summed E-state index contributed by atoms with van der Waals surface area (Å²) in [6.45, 7) is 12.9. The first-order chi connectivity index (χ1) is 6.65. The molecule has 1 aliphatic heterocycles. The molecule has 0 aromatic heterocycles. The van der Waals surface area contributed by atoms with Gasteiger partial charge in [0.2, 0.25) is 0 Å². The van der Waals surface area contributed by atoms with Crippen LogP contribution in [-0.2, 0) is 0 Å². The van der Waals surface area contributed by atoms with E-state index in [1.807, 2.05) is 0 Å². The summed E-state index contributed by atoms with van der Waals surface area (Å²) in [7, 11) is 0. The van der Waals surface area contributed by atoms with Crippen molar-refractivity contribution >= 4 is 0 Å². The van der Waals surface area contributed by atoms with Gasteiger partial charge >= 0.3 is 0 Å². The van der Waals surface area contributed by atoms with Crippen LogP contribution in [0.25, 0.3) is 0 Å². The molecule has 0 spiro atoms. The van der Waals surface area contributed by atoms with E-state index in [4.69, 9.17) is 0 Å². The van der Waals surface area contributed by atoms with Gasteiger partial charge < -0.3 is 5.21 Å². The quantitative estimate of drug-likeness (QED) is 0.755. The molecule has 0 aromatic carbocycles. The van der Waals surface area contributed by atoms with Gasteiger partial charge in [-0.3, -0.25) is 0 Å². The summed E-state index contributed by atoms with van der Waals surface area (Å²) in [5.74, 6) is 2.21. The van der Waals surface area contributed by atoms with Crippen LogP contribution in [0.15, 0.2) is 0 Å². The minimum atomic E-state index is -0.0954. The van der Waals surface area contributed by atoms with E-state index >= 15 is 0 Å². The van der Waals surface area contributed by atoms with Crippen molar-refractivity contribution in [3.8, 4) is 0 Å². The molecule has 1 N–H and O–H groups in total. The van der Waals surface area contributed by atoms with E-state index in [1.165, 1.54) is 12.3 Å². The van der Waals surface area contributed by atoms with E-state index < -0.39 is 0 Å². The third kappa shape index (κ3) is 2.94. The van der Waals surface area contributed by atoms with Crippen LogP contribution in [0.1, 0.15) is 60.8 Å². The fourth-order valence-corrected chi connectivity index (χ4v) is 3.20. The molecule has 1 rings (SSSR count). The minimum absolute atomic E-state index is 0.0954. The lowest BCUT2D eigenvalue weighted by atomic mass is 9.73. The molecule has 89 valence electrons. The van der Waals surface area contributed by atoms with Gasteiger partial charge in [-0.25, -0.2) is 0 Å². The Balaban J connectivity index is 2.75. The second-order valence-electron chi connectivity index (χ2n) is 6.62. The molecule has 0 bridgehead atoms. The smallest absolute Gasteiger partial charge is 0.0413 e. The van der Waals surface area contributed by atoms with Crippen molar-refractivity contribution in [2.45, 2.75) is 71.9 Å². The molecule has 1 aliphatic rings. The van der Waals surface area contributed by atoms with E-state index in [0.29, 0.717) is 5.92 Å². The molecule has 1 fully saturated rings. The average Bonchev–Trinajstić information content (AvgIpc) is 1.97. The van der Waals surface area contributed by atoms with Crippen molar-refractivity contribution in [3.05, 3.63) is 5.92 Å². The van der Waals surface area contributed by atoms with E-state index in [1.54, 1.807) is 5.06 Å². The summed E-state index contributed by atoms with van der Waals surface area (Å²) in [6, 6.07) is 0. The third-order valence-corrected chi connectivity index (χ3v) is 3.42. The van der Waals surface area contributed by atoms with Crippen molar-refractivity contribution in [2.24, 2.45) is 5.92 Å². The molecule has 1 saturated heterocycles. The Labute approximate surface area is 94.6 Å². The molecule has 0 aliphatic carbocycles. The van der Waals surface area contributed by atoms with Crippen molar-refractivity contribution in [1.29, 1.82) is 0 Å². The van der Waals surface area contributed by atoms with Gasteiger partial charge in [0.15, 0.2) is 0 Å². The first-order valence-electron chi connectivity index (χ1n) is 5.93.